The third kappa shape index (κ3) is 7.06. The van der Waals surface area contributed by atoms with Gasteiger partial charge >= 0.3 is 28.4 Å². The van der Waals surface area contributed by atoms with Gasteiger partial charge in [-0.05, 0) is 54.7 Å². The van der Waals surface area contributed by atoms with Crippen LogP contribution in [0.2, 0.25) is 0 Å². The van der Waals surface area contributed by atoms with Crippen molar-refractivity contribution in [2.75, 3.05) is 0 Å². The zero-order chi connectivity index (χ0) is 33.2. The third-order valence-corrected chi connectivity index (χ3v) is 10.0. The molecule has 2 aliphatic heterocycles. The molecule has 0 N–H and O–H groups in total. The van der Waals surface area contributed by atoms with E-state index in [1.807, 2.05) is 12.1 Å². The summed E-state index contributed by atoms with van der Waals surface area (Å²) in [5.74, 6) is 1.71. The fourth-order valence-corrected chi connectivity index (χ4v) is 7.42. The number of fused-ring (bicyclic) bond motifs is 3. The van der Waals surface area contributed by atoms with Crippen LogP contribution in [0.3, 0.4) is 0 Å². The van der Waals surface area contributed by atoms with Crippen molar-refractivity contribution in [3.05, 3.63) is 137 Å². The minimum atomic E-state index is 0. The molecule has 5 aromatic rings. The summed E-state index contributed by atoms with van der Waals surface area (Å²) in [6.07, 6.45) is 0. The van der Waals surface area contributed by atoms with E-state index in [9.17, 15) is 0 Å². The van der Waals surface area contributed by atoms with Crippen LogP contribution in [0.15, 0.2) is 119 Å². The van der Waals surface area contributed by atoms with Crippen molar-refractivity contribution in [2.45, 2.75) is 88.9 Å². The molecule has 2 heterocycles. The molecular weight excluding hydrogens is 788 g/mol. The standard InChI is InChI=1S/C31H38N2.C12H8NS.Au/c1-20(2)24-13-11-14-25(21(3)4)30(24)32-19-33(29-18-10-9-17-28(29)32)31-26(22(5)6)15-12-16-27(31)23(7)8;1-3-7-11-9(5-1)13-10-6-2-4-8-12(10)14-11;/h9-18,20-23H,1-8H3;1-8H;/q+2;-1;+1. The van der Waals surface area contributed by atoms with Gasteiger partial charge in [0.25, 0.3) is 11.4 Å². The van der Waals surface area contributed by atoms with E-state index in [0.29, 0.717) is 23.7 Å². The zero-order valence-corrected chi connectivity index (χ0v) is 32.2. The quantitative estimate of drug-likeness (QED) is 0.121. The number of rotatable bonds is 6. The maximum atomic E-state index is 4.59. The summed E-state index contributed by atoms with van der Waals surface area (Å²) in [7, 11) is 0. The second-order valence-electron chi connectivity index (χ2n) is 13.6. The molecule has 0 atom stereocenters. The third-order valence-electron chi connectivity index (χ3n) is 8.89. The first-order valence-electron chi connectivity index (χ1n) is 16.9. The van der Waals surface area contributed by atoms with Crippen LogP contribution in [0, 0.1) is 0 Å². The molecule has 3 nitrogen and oxygen atoms in total. The van der Waals surface area contributed by atoms with Crippen LogP contribution in [-0.2, 0) is 22.4 Å². The van der Waals surface area contributed by atoms with Gasteiger partial charge in [0.15, 0.2) is 0 Å². The summed E-state index contributed by atoms with van der Waals surface area (Å²) >= 11 is 1.79. The number of hydrogen-bond acceptors (Lipinski definition) is 1. The molecule has 5 aromatic carbocycles. The van der Waals surface area contributed by atoms with E-state index in [4.69, 9.17) is 0 Å². The van der Waals surface area contributed by atoms with Crippen LogP contribution in [0.5, 0.6) is 0 Å². The molecular formula is C43H46AuN3S+2. The molecule has 248 valence electrons. The monoisotopic (exact) mass is 833 g/mol. The molecule has 48 heavy (non-hydrogen) atoms. The maximum Gasteiger partial charge on any atom is 1.00 e. The number of nitrogens with zero attached hydrogens (tertiary/aromatic N) is 3. The van der Waals surface area contributed by atoms with Crippen molar-refractivity contribution in [1.82, 2.24) is 9.15 Å². The summed E-state index contributed by atoms with van der Waals surface area (Å²) in [5, 5.41) is 4.59. The van der Waals surface area contributed by atoms with Crippen molar-refractivity contribution in [2.24, 2.45) is 0 Å². The Bertz CT molecular complexity index is 1770. The average Bonchev–Trinajstić information content (AvgIpc) is 3.45. The molecule has 0 radical (unpaired) electrons. The second-order valence-corrected chi connectivity index (χ2v) is 14.7. The molecule has 0 bridgehead atoms. The molecule has 0 fully saturated rings. The average molecular weight is 834 g/mol. The van der Waals surface area contributed by atoms with Crippen molar-refractivity contribution >= 4 is 51.9 Å². The van der Waals surface area contributed by atoms with Gasteiger partial charge in [-0.3, -0.25) is 0 Å². The topological polar surface area (TPSA) is 20.1 Å². The van der Waals surface area contributed by atoms with E-state index in [-0.39, 0.29) is 22.4 Å². The number of benzene rings is 5. The molecule has 0 amide bonds. The molecule has 0 aliphatic carbocycles. The van der Waals surface area contributed by atoms with Crippen LogP contribution < -0.4 is 9.15 Å². The van der Waals surface area contributed by atoms with E-state index in [1.54, 1.807) is 11.8 Å². The van der Waals surface area contributed by atoms with Gasteiger partial charge < -0.3 is 5.32 Å². The van der Waals surface area contributed by atoms with Crippen molar-refractivity contribution in [3.8, 4) is 0 Å². The fraction of sp³-hybridized carbons (Fsp3) is 0.279. The molecule has 0 saturated carbocycles. The normalized spacial score (nSPS) is 12.8. The molecule has 0 aromatic heterocycles. The Morgan fingerprint density at radius 3 is 1.15 bits per heavy atom. The van der Waals surface area contributed by atoms with Crippen molar-refractivity contribution in [3.63, 3.8) is 0 Å². The first-order chi connectivity index (χ1) is 22.7. The summed E-state index contributed by atoms with van der Waals surface area (Å²) in [4.78, 5) is 2.48. The zero-order valence-electron chi connectivity index (χ0n) is 29.3. The van der Waals surface area contributed by atoms with Gasteiger partial charge in [-0.15, -0.1) is 11.4 Å². The first-order valence-corrected chi connectivity index (χ1v) is 17.8. The molecule has 2 aliphatic rings. The van der Waals surface area contributed by atoms with E-state index in [2.05, 4.69) is 173 Å². The molecule has 7 rings (SSSR count). The van der Waals surface area contributed by atoms with E-state index >= 15 is 0 Å². The molecule has 0 saturated heterocycles. The summed E-state index contributed by atoms with van der Waals surface area (Å²) in [6, 6.07) is 42.6. The van der Waals surface area contributed by atoms with Crippen LogP contribution >= 0.6 is 11.8 Å². The Balaban J connectivity index is 0.000000249. The van der Waals surface area contributed by atoms with Gasteiger partial charge in [0.05, 0.1) is 0 Å². The number of para-hydroxylation sites is 6. The van der Waals surface area contributed by atoms with Crippen LogP contribution in [0.4, 0.5) is 34.1 Å². The van der Waals surface area contributed by atoms with Crippen LogP contribution in [0.25, 0.3) is 5.32 Å². The van der Waals surface area contributed by atoms with Gasteiger partial charge in [0, 0.05) is 34.4 Å². The summed E-state index contributed by atoms with van der Waals surface area (Å²) in [5.41, 5.74) is 12.6. The first kappa shape index (κ1) is 35.7. The predicted molar refractivity (Wildman–Crippen MR) is 203 cm³/mol. The second kappa shape index (κ2) is 15.3. The Labute approximate surface area is 307 Å². The van der Waals surface area contributed by atoms with E-state index in [1.165, 1.54) is 54.8 Å². The van der Waals surface area contributed by atoms with Gasteiger partial charge in [-0.1, -0.05) is 152 Å². The molecule has 0 unspecified atom stereocenters. The Hall–Kier alpha value is -3.63. The maximum absolute atomic E-state index is 4.59. The van der Waals surface area contributed by atoms with E-state index < -0.39 is 0 Å². The molecule has 0 spiro atoms. The minimum absolute atomic E-state index is 0. The van der Waals surface area contributed by atoms with Crippen molar-refractivity contribution in [1.29, 1.82) is 0 Å². The van der Waals surface area contributed by atoms with Crippen LogP contribution in [-0.4, -0.2) is 6.01 Å². The smallest absolute Gasteiger partial charge is 0.656 e. The van der Waals surface area contributed by atoms with Gasteiger partial charge in [-0.2, -0.15) is 0 Å². The fourth-order valence-electron chi connectivity index (χ4n) is 6.45. The van der Waals surface area contributed by atoms with Crippen LogP contribution in [0.1, 0.15) is 101 Å². The predicted octanol–water partition coefficient (Wildman–Crippen LogP) is 13.5. The van der Waals surface area contributed by atoms with Gasteiger partial charge in [0.1, 0.15) is 0 Å². The SMILES string of the molecule is CC(C)c1cccc(C(C)C)c1[N+]1=C=[N+](c2c(C(C)C)cccc2C(C)C)c2ccccc21.[Au+].c1ccc2c(c1)[N-]c1ccccc1S2. The Morgan fingerprint density at radius 2 is 0.792 bits per heavy atom. The summed E-state index contributed by atoms with van der Waals surface area (Å²) < 4.78 is 4.64. The Kier molecular flexibility index (Phi) is 11.4. The number of hydrogen-bond donors (Lipinski definition) is 0. The van der Waals surface area contributed by atoms with Gasteiger partial charge in [0.2, 0.25) is 11.4 Å². The largest absolute Gasteiger partial charge is 1.00 e. The Morgan fingerprint density at radius 1 is 0.458 bits per heavy atom. The van der Waals surface area contributed by atoms with Gasteiger partial charge in [-0.25, -0.2) is 0 Å². The minimum Gasteiger partial charge on any atom is -0.656 e. The molecule has 5 heteroatoms. The van der Waals surface area contributed by atoms with Crippen molar-refractivity contribution < 1.29 is 22.4 Å². The van der Waals surface area contributed by atoms with E-state index in [0.717, 1.165) is 11.4 Å². The summed E-state index contributed by atoms with van der Waals surface area (Å²) in [6.45, 7) is 18.3.